The number of nitrogens with zero attached hydrogens (tertiary/aromatic N) is 3. The smallest absolute Gasteiger partial charge is 0.235 e. The molecular formula is C54H33N3S. The Morgan fingerprint density at radius 2 is 0.948 bits per heavy atom. The number of hydrogen-bond donors (Lipinski definition) is 0. The lowest BCUT2D eigenvalue weighted by atomic mass is 9.91. The Hall–Kier alpha value is -7.40. The minimum atomic E-state index is 0.644. The summed E-state index contributed by atoms with van der Waals surface area (Å²) in [5, 5.41) is 8.33. The van der Waals surface area contributed by atoms with E-state index < -0.39 is 0 Å². The van der Waals surface area contributed by atoms with Gasteiger partial charge in [-0.25, -0.2) is 9.97 Å². The summed E-state index contributed by atoms with van der Waals surface area (Å²) in [5.74, 6) is 0.644. The quantitative estimate of drug-likeness (QED) is 0.175. The largest absolute Gasteiger partial charge is 0.278 e. The third-order valence-corrected chi connectivity index (χ3v) is 12.7. The van der Waals surface area contributed by atoms with Crippen molar-refractivity contribution < 1.29 is 0 Å². The monoisotopic (exact) mass is 755 g/mol. The maximum Gasteiger partial charge on any atom is 0.235 e. The van der Waals surface area contributed by atoms with Gasteiger partial charge in [-0.15, -0.1) is 11.3 Å². The zero-order chi connectivity index (χ0) is 38.2. The second-order valence-electron chi connectivity index (χ2n) is 15.0. The second-order valence-corrected chi connectivity index (χ2v) is 16.1. The van der Waals surface area contributed by atoms with Crippen molar-refractivity contribution in [3.63, 3.8) is 0 Å². The van der Waals surface area contributed by atoms with Gasteiger partial charge in [0, 0.05) is 41.9 Å². The van der Waals surface area contributed by atoms with Gasteiger partial charge in [-0.2, -0.15) is 0 Å². The Morgan fingerprint density at radius 1 is 0.345 bits per heavy atom. The zero-order valence-corrected chi connectivity index (χ0v) is 32.1. The molecule has 0 fully saturated rings. The summed E-state index contributed by atoms with van der Waals surface area (Å²) >= 11 is 1.85. The van der Waals surface area contributed by atoms with E-state index in [9.17, 15) is 0 Å². The van der Waals surface area contributed by atoms with Crippen molar-refractivity contribution in [2.45, 2.75) is 0 Å². The van der Waals surface area contributed by atoms with Gasteiger partial charge in [0.1, 0.15) is 0 Å². The predicted molar refractivity (Wildman–Crippen MR) is 246 cm³/mol. The van der Waals surface area contributed by atoms with E-state index in [0.717, 1.165) is 61.0 Å². The normalized spacial score (nSPS) is 11.8. The lowest BCUT2D eigenvalue weighted by Crippen LogP contribution is -2.04. The lowest BCUT2D eigenvalue weighted by Gasteiger charge is -2.16. The fraction of sp³-hybridized carbons (Fsp3) is 0. The number of benzene rings is 9. The van der Waals surface area contributed by atoms with Crippen molar-refractivity contribution in [2.24, 2.45) is 0 Å². The first-order valence-electron chi connectivity index (χ1n) is 19.6. The van der Waals surface area contributed by atoms with E-state index in [4.69, 9.17) is 9.97 Å². The van der Waals surface area contributed by atoms with Crippen LogP contribution < -0.4 is 0 Å². The molecule has 0 amide bonds. The maximum absolute atomic E-state index is 5.56. The third kappa shape index (κ3) is 5.27. The molecule has 9 aromatic carbocycles. The van der Waals surface area contributed by atoms with Crippen molar-refractivity contribution >= 4 is 75.0 Å². The molecule has 4 heteroatoms. The van der Waals surface area contributed by atoms with Crippen LogP contribution in [0.15, 0.2) is 200 Å². The molecule has 0 bridgehead atoms. The predicted octanol–water partition coefficient (Wildman–Crippen LogP) is 14.9. The second kappa shape index (κ2) is 13.1. The third-order valence-electron chi connectivity index (χ3n) is 11.6. The standard InChI is InChI=1S/C54H33N3S/c1-4-14-34(15-5-1)39-24-26-41-46-28-37-20-10-11-21-38(37)29-50(46)57(49(41)30-39)54-55-48-33-45(40-25-27-43-42-22-12-13-23-51(42)58-52(43)31-40)44(35-16-6-2-7-17-35)32-47(48)53(56-54)36-18-8-3-9-19-36/h1-33H. The Labute approximate surface area is 338 Å². The van der Waals surface area contributed by atoms with Crippen LogP contribution in [-0.2, 0) is 0 Å². The van der Waals surface area contributed by atoms with Crippen LogP contribution in [0, 0.1) is 0 Å². The highest BCUT2D eigenvalue weighted by Crippen LogP contribution is 2.43. The maximum atomic E-state index is 5.56. The van der Waals surface area contributed by atoms with E-state index in [1.807, 2.05) is 11.3 Å². The molecule has 0 saturated heterocycles. The number of rotatable bonds is 5. The van der Waals surface area contributed by atoms with Crippen LogP contribution in [0.5, 0.6) is 0 Å². The molecule has 0 aliphatic heterocycles. The molecule has 0 aliphatic carbocycles. The van der Waals surface area contributed by atoms with Gasteiger partial charge in [0.05, 0.1) is 22.2 Å². The van der Waals surface area contributed by atoms with Crippen LogP contribution in [0.25, 0.3) is 114 Å². The molecule has 12 rings (SSSR count). The minimum Gasteiger partial charge on any atom is -0.278 e. The average molecular weight is 756 g/mol. The van der Waals surface area contributed by atoms with E-state index in [-0.39, 0.29) is 0 Å². The highest BCUT2D eigenvalue weighted by atomic mass is 32.1. The van der Waals surface area contributed by atoms with Gasteiger partial charge >= 0.3 is 0 Å². The summed E-state index contributed by atoms with van der Waals surface area (Å²) in [7, 11) is 0. The summed E-state index contributed by atoms with van der Waals surface area (Å²) in [4.78, 5) is 11.1. The van der Waals surface area contributed by atoms with E-state index in [2.05, 4.69) is 205 Å². The van der Waals surface area contributed by atoms with E-state index >= 15 is 0 Å². The van der Waals surface area contributed by atoms with Gasteiger partial charge in [-0.05, 0) is 86.6 Å². The summed E-state index contributed by atoms with van der Waals surface area (Å²) < 4.78 is 4.86. The van der Waals surface area contributed by atoms with Gasteiger partial charge < -0.3 is 0 Å². The molecule has 0 spiro atoms. The molecule has 0 saturated carbocycles. The fourth-order valence-corrected chi connectivity index (χ4v) is 9.94. The molecule has 0 N–H and O–H groups in total. The highest BCUT2D eigenvalue weighted by Gasteiger charge is 2.21. The number of thiophene rings is 1. The summed E-state index contributed by atoms with van der Waals surface area (Å²) in [5.41, 5.74) is 11.9. The zero-order valence-electron chi connectivity index (χ0n) is 31.3. The van der Waals surface area contributed by atoms with Gasteiger partial charge in [-0.1, -0.05) is 158 Å². The molecule has 12 aromatic rings. The SMILES string of the molecule is c1ccc(-c2ccc3c4cc5ccccc5cc4n(-c4nc(-c5ccccc5)c5cc(-c6ccccc6)c(-c6ccc7c(c6)sc6ccccc67)cc5n4)c3c2)cc1. The van der Waals surface area contributed by atoms with Gasteiger partial charge in [0.15, 0.2) is 0 Å². The van der Waals surface area contributed by atoms with Crippen molar-refractivity contribution in [2.75, 3.05) is 0 Å². The summed E-state index contributed by atoms with van der Waals surface area (Å²) in [6, 6.07) is 72.1. The van der Waals surface area contributed by atoms with Crippen LogP contribution >= 0.6 is 11.3 Å². The van der Waals surface area contributed by atoms with E-state index in [0.29, 0.717) is 5.95 Å². The summed E-state index contributed by atoms with van der Waals surface area (Å²) in [6.07, 6.45) is 0. The Kier molecular flexibility index (Phi) is 7.40. The molecule has 0 unspecified atom stereocenters. The summed E-state index contributed by atoms with van der Waals surface area (Å²) in [6.45, 7) is 0. The average Bonchev–Trinajstić information content (AvgIpc) is 3.82. The first kappa shape index (κ1) is 32.8. The van der Waals surface area contributed by atoms with E-state index in [1.165, 1.54) is 47.3 Å². The Bertz CT molecular complexity index is 3550. The molecule has 0 atom stereocenters. The van der Waals surface area contributed by atoms with Crippen molar-refractivity contribution in [3.8, 4) is 50.6 Å². The van der Waals surface area contributed by atoms with Crippen LogP contribution in [0.4, 0.5) is 0 Å². The van der Waals surface area contributed by atoms with Gasteiger partial charge in [0.2, 0.25) is 5.95 Å². The van der Waals surface area contributed by atoms with Crippen LogP contribution in [0.2, 0.25) is 0 Å². The van der Waals surface area contributed by atoms with Gasteiger partial charge in [-0.3, -0.25) is 4.57 Å². The molecule has 3 heterocycles. The Balaban J connectivity index is 1.18. The molecule has 58 heavy (non-hydrogen) atoms. The number of aromatic nitrogens is 3. The number of fused-ring (bicyclic) bond motifs is 8. The molecule has 3 aromatic heterocycles. The first-order chi connectivity index (χ1) is 28.7. The number of hydrogen-bond acceptors (Lipinski definition) is 3. The van der Waals surface area contributed by atoms with Crippen molar-refractivity contribution in [1.82, 2.24) is 14.5 Å². The van der Waals surface area contributed by atoms with Crippen molar-refractivity contribution in [1.29, 1.82) is 0 Å². The molecule has 0 radical (unpaired) electrons. The fourth-order valence-electron chi connectivity index (χ4n) is 8.80. The minimum absolute atomic E-state index is 0.644. The van der Waals surface area contributed by atoms with Crippen LogP contribution in [0.1, 0.15) is 0 Å². The molecular weight excluding hydrogens is 723 g/mol. The van der Waals surface area contributed by atoms with E-state index in [1.54, 1.807) is 0 Å². The lowest BCUT2D eigenvalue weighted by molar-refractivity contribution is 1.01. The molecule has 0 aliphatic rings. The first-order valence-corrected chi connectivity index (χ1v) is 20.5. The van der Waals surface area contributed by atoms with Crippen molar-refractivity contribution in [3.05, 3.63) is 200 Å². The van der Waals surface area contributed by atoms with Crippen LogP contribution in [0.3, 0.4) is 0 Å². The Morgan fingerprint density at radius 3 is 1.74 bits per heavy atom. The van der Waals surface area contributed by atoms with Gasteiger partial charge in [0.25, 0.3) is 0 Å². The molecule has 3 nitrogen and oxygen atoms in total. The van der Waals surface area contributed by atoms with Crippen LogP contribution in [-0.4, -0.2) is 14.5 Å². The topological polar surface area (TPSA) is 30.7 Å². The molecule has 270 valence electrons. The highest BCUT2D eigenvalue weighted by molar-refractivity contribution is 7.25.